The monoisotopic (exact) mass is 292 g/mol. The zero-order chi connectivity index (χ0) is 14.7. The molecule has 0 spiro atoms. The number of nitrogens with one attached hydrogen (secondary N) is 1. The summed E-state index contributed by atoms with van der Waals surface area (Å²) in [6.45, 7) is 4.51. The molecule has 1 amide bonds. The van der Waals surface area contributed by atoms with Crippen molar-refractivity contribution in [2.24, 2.45) is 0 Å². The summed E-state index contributed by atoms with van der Waals surface area (Å²) in [5.41, 5.74) is 8.87. The van der Waals surface area contributed by atoms with Gasteiger partial charge in [-0.3, -0.25) is 4.79 Å². The van der Waals surface area contributed by atoms with E-state index in [4.69, 9.17) is 17.3 Å². The average molecular weight is 293 g/mol. The Hall–Kier alpha value is -2.01. The number of nitrogens with two attached hydrogens (primary N) is 1. The van der Waals surface area contributed by atoms with E-state index in [1.54, 1.807) is 24.5 Å². The first-order valence-corrected chi connectivity index (χ1v) is 6.68. The standard InChI is InChI=1S/C14H17ClN4O/c1-9-10(2)19(8-17-9)6-5-14(20)18-13-7-11(15)3-4-12(13)16/h3-4,7-8H,5-6,16H2,1-2H3,(H,18,20). The molecule has 2 rings (SSSR count). The van der Waals surface area contributed by atoms with E-state index in [-0.39, 0.29) is 5.91 Å². The third-order valence-corrected chi connectivity index (χ3v) is 3.45. The first kappa shape index (κ1) is 14.4. The van der Waals surface area contributed by atoms with Gasteiger partial charge >= 0.3 is 0 Å². The molecule has 1 aromatic carbocycles. The molecule has 6 heteroatoms. The van der Waals surface area contributed by atoms with Crippen LogP contribution in [0.4, 0.5) is 11.4 Å². The molecule has 1 aromatic heterocycles. The Labute approximate surface area is 122 Å². The number of benzene rings is 1. The topological polar surface area (TPSA) is 72.9 Å². The van der Waals surface area contributed by atoms with Gasteiger partial charge in [-0.2, -0.15) is 0 Å². The van der Waals surface area contributed by atoms with Crippen molar-refractivity contribution in [1.29, 1.82) is 0 Å². The molecule has 0 atom stereocenters. The number of rotatable bonds is 4. The van der Waals surface area contributed by atoms with Gasteiger partial charge in [0.15, 0.2) is 0 Å². The molecular formula is C14H17ClN4O. The van der Waals surface area contributed by atoms with Crippen molar-refractivity contribution in [2.45, 2.75) is 26.8 Å². The number of nitrogens with zero attached hydrogens (tertiary/aromatic N) is 2. The van der Waals surface area contributed by atoms with Gasteiger partial charge in [0.05, 0.1) is 23.4 Å². The number of halogens is 1. The van der Waals surface area contributed by atoms with Crippen LogP contribution in [0.3, 0.4) is 0 Å². The van der Waals surface area contributed by atoms with Crippen molar-refractivity contribution >= 4 is 28.9 Å². The molecule has 0 aliphatic heterocycles. The molecule has 3 N–H and O–H groups in total. The predicted octanol–water partition coefficient (Wildman–Crippen LogP) is 2.76. The van der Waals surface area contributed by atoms with E-state index < -0.39 is 0 Å². The lowest BCUT2D eigenvalue weighted by molar-refractivity contribution is -0.116. The highest BCUT2D eigenvalue weighted by Crippen LogP contribution is 2.23. The second-order valence-electron chi connectivity index (χ2n) is 4.64. The second kappa shape index (κ2) is 5.96. The summed E-state index contributed by atoms with van der Waals surface area (Å²) < 4.78 is 1.95. The first-order chi connectivity index (χ1) is 9.47. The summed E-state index contributed by atoms with van der Waals surface area (Å²) in [6, 6.07) is 4.99. The second-order valence-corrected chi connectivity index (χ2v) is 5.07. The maximum absolute atomic E-state index is 11.9. The number of aryl methyl sites for hydroxylation is 2. The molecule has 0 aliphatic carbocycles. The Bertz CT molecular complexity index is 636. The number of anilines is 2. The number of carbonyl (C=O) groups excluding carboxylic acids is 1. The highest BCUT2D eigenvalue weighted by Gasteiger charge is 2.08. The van der Waals surface area contributed by atoms with E-state index in [2.05, 4.69) is 10.3 Å². The number of amides is 1. The maximum Gasteiger partial charge on any atom is 0.226 e. The fourth-order valence-electron chi connectivity index (χ4n) is 1.84. The Morgan fingerprint density at radius 3 is 2.85 bits per heavy atom. The summed E-state index contributed by atoms with van der Waals surface area (Å²) >= 11 is 5.88. The van der Waals surface area contributed by atoms with Crippen molar-refractivity contribution in [2.75, 3.05) is 11.1 Å². The van der Waals surface area contributed by atoms with Crippen LogP contribution in [0.25, 0.3) is 0 Å². The van der Waals surface area contributed by atoms with Gasteiger partial charge in [-0.15, -0.1) is 0 Å². The van der Waals surface area contributed by atoms with Gasteiger partial charge in [0.1, 0.15) is 0 Å². The minimum Gasteiger partial charge on any atom is -0.397 e. The van der Waals surface area contributed by atoms with Crippen LogP contribution in [0.15, 0.2) is 24.5 Å². The summed E-state index contributed by atoms with van der Waals surface area (Å²) in [7, 11) is 0. The lowest BCUT2D eigenvalue weighted by Gasteiger charge is -2.09. The molecule has 1 heterocycles. The van der Waals surface area contributed by atoms with Crippen LogP contribution < -0.4 is 11.1 Å². The van der Waals surface area contributed by atoms with E-state index in [1.165, 1.54) is 0 Å². The van der Waals surface area contributed by atoms with Crippen molar-refractivity contribution in [3.05, 3.63) is 40.9 Å². The number of hydrogen-bond acceptors (Lipinski definition) is 3. The number of aromatic nitrogens is 2. The van der Waals surface area contributed by atoms with Gasteiger partial charge in [-0.05, 0) is 32.0 Å². The molecule has 0 saturated heterocycles. The summed E-state index contributed by atoms with van der Waals surface area (Å²) in [5, 5.41) is 3.30. The first-order valence-electron chi connectivity index (χ1n) is 6.30. The van der Waals surface area contributed by atoms with Crippen LogP contribution in [-0.2, 0) is 11.3 Å². The van der Waals surface area contributed by atoms with Crippen molar-refractivity contribution < 1.29 is 4.79 Å². The minimum atomic E-state index is -0.107. The molecule has 20 heavy (non-hydrogen) atoms. The Balaban J connectivity index is 1.96. The fraction of sp³-hybridized carbons (Fsp3) is 0.286. The largest absolute Gasteiger partial charge is 0.397 e. The van der Waals surface area contributed by atoms with Crippen LogP contribution in [0, 0.1) is 13.8 Å². The molecule has 106 valence electrons. The quantitative estimate of drug-likeness (QED) is 0.851. The zero-order valence-corrected chi connectivity index (χ0v) is 12.2. The minimum absolute atomic E-state index is 0.107. The SMILES string of the molecule is Cc1ncn(CCC(=O)Nc2cc(Cl)ccc2N)c1C. The summed E-state index contributed by atoms with van der Waals surface area (Å²) in [6.07, 6.45) is 2.09. The average Bonchev–Trinajstić information content (AvgIpc) is 2.72. The molecule has 5 nitrogen and oxygen atoms in total. The third kappa shape index (κ3) is 3.30. The van der Waals surface area contributed by atoms with E-state index in [9.17, 15) is 4.79 Å². The highest BCUT2D eigenvalue weighted by atomic mass is 35.5. The van der Waals surface area contributed by atoms with Gasteiger partial charge < -0.3 is 15.6 Å². The van der Waals surface area contributed by atoms with Crippen LogP contribution in [0.5, 0.6) is 0 Å². The summed E-state index contributed by atoms with van der Waals surface area (Å²) in [5.74, 6) is -0.107. The van der Waals surface area contributed by atoms with Gasteiger partial charge in [0, 0.05) is 23.7 Å². The number of imidazole rings is 1. The molecule has 0 fully saturated rings. The number of nitrogen functional groups attached to an aromatic ring is 1. The fourth-order valence-corrected chi connectivity index (χ4v) is 2.01. The molecule has 0 unspecified atom stereocenters. The van der Waals surface area contributed by atoms with Crippen molar-refractivity contribution in [3.63, 3.8) is 0 Å². The number of carbonyl (C=O) groups is 1. The normalized spacial score (nSPS) is 10.6. The van der Waals surface area contributed by atoms with E-state index in [0.717, 1.165) is 11.4 Å². The molecular weight excluding hydrogens is 276 g/mol. The maximum atomic E-state index is 11.9. The van der Waals surface area contributed by atoms with E-state index >= 15 is 0 Å². The molecule has 0 radical (unpaired) electrons. The van der Waals surface area contributed by atoms with Crippen LogP contribution in [-0.4, -0.2) is 15.5 Å². The van der Waals surface area contributed by atoms with Gasteiger partial charge in [0.2, 0.25) is 5.91 Å². The highest BCUT2D eigenvalue weighted by molar-refractivity contribution is 6.31. The van der Waals surface area contributed by atoms with E-state index in [0.29, 0.717) is 29.4 Å². The molecule has 0 bridgehead atoms. The Kier molecular flexibility index (Phi) is 4.29. The van der Waals surface area contributed by atoms with Gasteiger partial charge in [0.25, 0.3) is 0 Å². The Morgan fingerprint density at radius 1 is 1.45 bits per heavy atom. The Morgan fingerprint density at radius 2 is 2.20 bits per heavy atom. The number of hydrogen-bond donors (Lipinski definition) is 2. The molecule has 2 aromatic rings. The lowest BCUT2D eigenvalue weighted by Crippen LogP contribution is -2.15. The zero-order valence-electron chi connectivity index (χ0n) is 11.5. The van der Waals surface area contributed by atoms with Gasteiger partial charge in [-0.1, -0.05) is 11.6 Å². The smallest absolute Gasteiger partial charge is 0.226 e. The van der Waals surface area contributed by atoms with Crippen molar-refractivity contribution in [3.8, 4) is 0 Å². The summed E-state index contributed by atoms with van der Waals surface area (Å²) in [4.78, 5) is 16.1. The predicted molar refractivity (Wildman–Crippen MR) is 80.8 cm³/mol. The molecule has 0 aliphatic rings. The van der Waals surface area contributed by atoms with Crippen molar-refractivity contribution in [1.82, 2.24) is 9.55 Å². The third-order valence-electron chi connectivity index (χ3n) is 3.21. The van der Waals surface area contributed by atoms with E-state index in [1.807, 2.05) is 18.4 Å². The lowest BCUT2D eigenvalue weighted by atomic mass is 10.2. The van der Waals surface area contributed by atoms with Crippen LogP contribution >= 0.6 is 11.6 Å². The van der Waals surface area contributed by atoms with Crippen LogP contribution in [0.1, 0.15) is 17.8 Å². The molecule has 0 saturated carbocycles. The van der Waals surface area contributed by atoms with Crippen LogP contribution in [0.2, 0.25) is 5.02 Å². The van der Waals surface area contributed by atoms with Gasteiger partial charge in [-0.25, -0.2) is 4.98 Å².